The first-order valence-electron chi connectivity index (χ1n) is 8.96. The van der Waals surface area contributed by atoms with Crippen LogP contribution >= 0.6 is 0 Å². The topological polar surface area (TPSA) is 44.8 Å². The van der Waals surface area contributed by atoms with Crippen molar-refractivity contribution in [3.63, 3.8) is 0 Å². The average molecular weight is 360 g/mol. The van der Waals surface area contributed by atoms with E-state index in [1.54, 1.807) is 18.2 Å². The quantitative estimate of drug-likeness (QED) is 0.714. The molecule has 0 aromatic heterocycles. The highest BCUT2D eigenvalue weighted by atomic mass is 19.1. The maximum atomic E-state index is 14.4. The van der Waals surface area contributed by atoms with Crippen molar-refractivity contribution < 1.29 is 23.4 Å². The molecule has 1 aromatic rings. The second kappa shape index (κ2) is 7.62. The Morgan fingerprint density at radius 1 is 1.46 bits per heavy atom. The molecule has 2 aliphatic rings. The summed E-state index contributed by atoms with van der Waals surface area (Å²) in [6, 6.07) is 4.89. The molecule has 1 aliphatic heterocycles. The van der Waals surface area contributed by atoms with Gasteiger partial charge in [-0.1, -0.05) is 25.1 Å². The van der Waals surface area contributed by atoms with Crippen molar-refractivity contribution in [2.45, 2.75) is 38.7 Å². The lowest BCUT2D eigenvalue weighted by molar-refractivity contribution is -0.123. The second-order valence-electron chi connectivity index (χ2n) is 6.98. The van der Waals surface area contributed by atoms with Crippen LogP contribution in [0.2, 0.25) is 0 Å². The summed E-state index contributed by atoms with van der Waals surface area (Å²) in [7, 11) is 1.51. The second-order valence-corrected chi connectivity index (χ2v) is 6.98. The number of ether oxygens (including phenoxy) is 3. The molecule has 1 aromatic carbocycles. The van der Waals surface area contributed by atoms with E-state index in [1.165, 1.54) is 13.2 Å². The summed E-state index contributed by atoms with van der Waals surface area (Å²) in [6.45, 7) is 4.09. The molecular formula is C21H25FO4. The minimum absolute atomic E-state index is 0.0413. The number of carbonyl (C=O) groups excluding carboxylic acids is 1. The fourth-order valence-electron chi connectivity index (χ4n) is 3.83. The summed E-state index contributed by atoms with van der Waals surface area (Å²) in [5.41, 5.74) is -0.0728. The van der Waals surface area contributed by atoms with E-state index in [9.17, 15) is 9.18 Å². The van der Waals surface area contributed by atoms with Crippen molar-refractivity contribution in [2.24, 2.45) is 11.8 Å². The van der Waals surface area contributed by atoms with Gasteiger partial charge < -0.3 is 14.2 Å². The normalized spacial score (nSPS) is 26.4. The van der Waals surface area contributed by atoms with Crippen LogP contribution < -0.4 is 4.74 Å². The molecule has 3 atom stereocenters. The molecular weight excluding hydrogens is 335 g/mol. The smallest absolute Gasteiger partial charge is 0.189 e. The molecule has 3 rings (SSSR count). The van der Waals surface area contributed by atoms with Gasteiger partial charge in [0.05, 0.1) is 7.11 Å². The van der Waals surface area contributed by atoms with Crippen molar-refractivity contribution in [3.05, 3.63) is 53.6 Å². The molecule has 0 radical (unpaired) electrons. The van der Waals surface area contributed by atoms with Crippen LogP contribution in [0.4, 0.5) is 4.39 Å². The number of allylic oxidation sites excluding steroid dienone is 3. The number of carbonyl (C=O) groups is 1. The summed E-state index contributed by atoms with van der Waals surface area (Å²) in [5, 5.41) is 0. The van der Waals surface area contributed by atoms with E-state index in [1.807, 2.05) is 26.0 Å². The fourth-order valence-corrected chi connectivity index (χ4v) is 3.83. The Hall–Kier alpha value is -2.14. The van der Waals surface area contributed by atoms with Crippen LogP contribution in [0.1, 0.15) is 32.3 Å². The molecule has 0 unspecified atom stereocenters. The number of rotatable bonds is 6. The van der Waals surface area contributed by atoms with E-state index in [4.69, 9.17) is 14.2 Å². The van der Waals surface area contributed by atoms with E-state index in [0.717, 1.165) is 0 Å². The maximum Gasteiger partial charge on any atom is 0.189 e. The number of halogens is 1. The number of methoxy groups -OCH3 is 1. The monoisotopic (exact) mass is 360 g/mol. The molecule has 0 amide bonds. The molecule has 4 nitrogen and oxygen atoms in total. The van der Waals surface area contributed by atoms with Crippen LogP contribution in [0.25, 0.3) is 0 Å². The lowest BCUT2D eigenvalue weighted by Gasteiger charge is -2.38. The van der Waals surface area contributed by atoms with Crippen LogP contribution in [-0.2, 0) is 20.7 Å². The van der Waals surface area contributed by atoms with Gasteiger partial charge in [0.2, 0.25) is 0 Å². The molecule has 1 fully saturated rings. The first-order valence-corrected chi connectivity index (χ1v) is 8.96. The zero-order chi connectivity index (χ0) is 18.7. The summed E-state index contributed by atoms with van der Waals surface area (Å²) in [5.74, 6) is 0.671. The van der Waals surface area contributed by atoms with Gasteiger partial charge in [0.1, 0.15) is 22.9 Å². The Morgan fingerprint density at radius 2 is 2.27 bits per heavy atom. The third-order valence-corrected chi connectivity index (χ3v) is 5.41. The van der Waals surface area contributed by atoms with Crippen molar-refractivity contribution in [1.29, 1.82) is 0 Å². The predicted molar refractivity (Wildman–Crippen MR) is 96.2 cm³/mol. The summed E-state index contributed by atoms with van der Waals surface area (Å²) in [6.07, 6.45) is 7.24. The lowest BCUT2D eigenvalue weighted by atomic mass is 9.71. The first kappa shape index (κ1) is 18.6. The summed E-state index contributed by atoms with van der Waals surface area (Å²) >= 11 is 0. The van der Waals surface area contributed by atoms with E-state index in [2.05, 4.69) is 0 Å². The van der Waals surface area contributed by atoms with Crippen LogP contribution in [-0.4, -0.2) is 25.3 Å². The van der Waals surface area contributed by atoms with Gasteiger partial charge in [-0.25, -0.2) is 4.39 Å². The Labute approximate surface area is 153 Å². The van der Waals surface area contributed by atoms with Crippen molar-refractivity contribution >= 4 is 5.78 Å². The Morgan fingerprint density at radius 3 is 2.96 bits per heavy atom. The molecule has 0 saturated carbocycles. The zero-order valence-corrected chi connectivity index (χ0v) is 15.5. The molecule has 0 bridgehead atoms. The molecule has 1 saturated heterocycles. The first-order chi connectivity index (χ1) is 12.5. The third-order valence-electron chi connectivity index (χ3n) is 5.41. The SMILES string of the molecule is C/C=C/C[C@H]1C[C@]2([C@@H](C)Cc3ccc(OC)cc3F)OCOC2=CC1=O. The minimum atomic E-state index is -0.674. The van der Waals surface area contributed by atoms with Gasteiger partial charge >= 0.3 is 0 Å². The van der Waals surface area contributed by atoms with Gasteiger partial charge in [-0.3, -0.25) is 4.79 Å². The van der Waals surface area contributed by atoms with Crippen molar-refractivity contribution in [1.82, 2.24) is 0 Å². The third kappa shape index (κ3) is 3.40. The number of benzene rings is 1. The van der Waals surface area contributed by atoms with Gasteiger partial charge in [-0.2, -0.15) is 0 Å². The van der Waals surface area contributed by atoms with Crippen molar-refractivity contribution in [2.75, 3.05) is 13.9 Å². The lowest BCUT2D eigenvalue weighted by Crippen LogP contribution is -2.45. The fraction of sp³-hybridized carbons (Fsp3) is 0.476. The van der Waals surface area contributed by atoms with Crippen molar-refractivity contribution in [3.8, 4) is 5.75 Å². The molecule has 0 spiro atoms. The standard InChI is InChI=1S/C21H25FO4/c1-4-5-6-16-12-21(20(11-19(16)23)25-13-26-21)14(2)9-15-7-8-17(24-3)10-18(15)22/h4-5,7-8,10-11,14,16H,6,9,12-13H2,1-3H3/b5-4+/t14-,16-,21+/m0/s1. The molecule has 26 heavy (non-hydrogen) atoms. The Kier molecular flexibility index (Phi) is 5.47. The minimum Gasteiger partial charge on any atom is -0.497 e. The highest BCUT2D eigenvalue weighted by Crippen LogP contribution is 2.46. The molecule has 1 aliphatic carbocycles. The van der Waals surface area contributed by atoms with Gasteiger partial charge in [0.15, 0.2) is 12.6 Å². The number of hydrogen-bond acceptors (Lipinski definition) is 4. The molecule has 5 heteroatoms. The Bertz CT molecular complexity index is 740. The van der Waals surface area contributed by atoms with E-state index in [0.29, 0.717) is 36.3 Å². The average Bonchev–Trinajstić information content (AvgIpc) is 3.05. The number of fused-ring (bicyclic) bond motifs is 1. The van der Waals surface area contributed by atoms with E-state index >= 15 is 0 Å². The molecule has 140 valence electrons. The molecule has 0 N–H and O–H groups in total. The molecule has 1 heterocycles. The van der Waals surface area contributed by atoms with Gasteiger partial charge in [0.25, 0.3) is 0 Å². The van der Waals surface area contributed by atoms with E-state index in [-0.39, 0.29) is 30.2 Å². The van der Waals surface area contributed by atoms with Gasteiger partial charge in [-0.15, -0.1) is 0 Å². The maximum absolute atomic E-state index is 14.4. The van der Waals surface area contributed by atoms with Crippen LogP contribution in [0.15, 0.2) is 42.2 Å². The highest BCUT2D eigenvalue weighted by molar-refractivity contribution is 5.93. The highest BCUT2D eigenvalue weighted by Gasteiger charge is 2.51. The number of ketones is 1. The summed E-state index contributed by atoms with van der Waals surface area (Å²) < 4.78 is 31.0. The largest absolute Gasteiger partial charge is 0.497 e. The van der Waals surface area contributed by atoms with Crippen LogP contribution in [0.3, 0.4) is 0 Å². The van der Waals surface area contributed by atoms with Gasteiger partial charge in [-0.05, 0) is 43.7 Å². The van der Waals surface area contributed by atoms with Crippen LogP contribution in [0, 0.1) is 17.7 Å². The predicted octanol–water partition coefficient (Wildman–Crippen LogP) is 4.20. The summed E-state index contributed by atoms with van der Waals surface area (Å²) in [4.78, 5) is 12.4. The van der Waals surface area contributed by atoms with E-state index < -0.39 is 5.60 Å². The Balaban J connectivity index is 1.85. The van der Waals surface area contributed by atoms with Gasteiger partial charge in [0, 0.05) is 18.1 Å². The zero-order valence-electron chi connectivity index (χ0n) is 15.5. The van der Waals surface area contributed by atoms with Crippen LogP contribution in [0.5, 0.6) is 5.75 Å². The number of hydrogen-bond donors (Lipinski definition) is 0.